The Balaban J connectivity index is 1.43. The zero-order chi connectivity index (χ0) is 17.6. The van der Waals surface area contributed by atoms with Crippen LogP contribution < -0.4 is 0 Å². The molecule has 0 N–H and O–H groups in total. The number of rotatable bonds is 7. The van der Waals surface area contributed by atoms with Gasteiger partial charge in [-0.05, 0) is 25.0 Å². The van der Waals surface area contributed by atoms with Crippen molar-refractivity contribution in [2.75, 3.05) is 26.8 Å². The molecule has 1 saturated heterocycles. The normalized spacial score (nSPS) is 15.7. The Labute approximate surface area is 146 Å². The fourth-order valence-corrected chi connectivity index (χ4v) is 2.90. The third-order valence-corrected chi connectivity index (χ3v) is 4.37. The summed E-state index contributed by atoms with van der Waals surface area (Å²) in [4.78, 5) is 18.6. The average Bonchev–Trinajstić information content (AvgIpc) is 3.27. The molecule has 0 unspecified atom stereocenters. The van der Waals surface area contributed by atoms with Gasteiger partial charge in [-0.1, -0.05) is 5.16 Å². The minimum absolute atomic E-state index is 0.0747. The summed E-state index contributed by atoms with van der Waals surface area (Å²) in [5.74, 6) is 1.18. The summed E-state index contributed by atoms with van der Waals surface area (Å²) in [5, 5.41) is 3.89. The van der Waals surface area contributed by atoms with Crippen LogP contribution in [0.4, 0.5) is 0 Å². The molecule has 0 aliphatic carbocycles. The van der Waals surface area contributed by atoms with Gasteiger partial charge in [0.05, 0.1) is 12.7 Å². The van der Waals surface area contributed by atoms with Gasteiger partial charge in [-0.25, -0.2) is 0 Å². The molecule has 1 aliphatic rings. The fraction of sp³-hybridized carbons (Fsp3) is 0.588. The van der Waals surface area contributed by atoms with E-state index in [1.165, 1.54) is 0 Å². The Kier molecular flexibility index (Phi) is 5.83. The Morgan fingerprint density at radius 2 is 2.20 bits per heavy atom. The number of ether oxygens (including phenoxy) is 2. The second-order valence-corrected chi connectivity index (χ2v) is 6.15. The molecule has 0 bridgehead atoms. The monoisotopic (exact) mass is 348 g/mol. The summed E-state index contributed by atoms with van der Waals surface area (Å²) in [7, 11) is 3.52. The number of likely N-dealkylation sites (tertiary alicyclic amines) is 1. The Hall–Kier alpha value is -2.19. The molecule has 25 heavy (non-hydrogen) atoms. The number of carbonyl (C=O) groups is 1. The number of carbonyl (C=O) groups excluding carboxylic acids is 1. The molecular formula is C17H24N4O4. The van der Waals surface area contributed by atoms with Crippen molar-refractivity contribution in [1.82, 2.24) is 19.6 Å². The molecule has 0 radical (unpaired) electrons. The van der Waals surface area contributed by atoms with Crippen LogP contribution in [0.3, 0.4) is 0 Å². The number of nitrogens with zero attached hydrogens (tertiary/aromatic N) is 4. The van der Waals surface area contributed by atoms with E-state index in [4.69, 9.17) is 14.0 Å². The highest BCUT2D eigenvalue weighted by atomic mass is 16.5. The predicted molar refractivity (Wildman–Crippen MR) is 89.0 cm³/mol. The zero-order valence-corrected chi connectivity index (χ0v) is 14.7. The predicted octanol–water partition coefficient (Wildman–Crippen LogP) is 1.42. The molecule has 2 aromatic heterocycles. The van der Waals surface area contributed by atoms with Crippen LogP contribution >= 0.6 is 0 Å². The number of hydrogen-bond donors (Lipinski definition) is 0. The van der Waals surface area contributed by atoms with E-state index in [1.807, 2.05) is 34.8 Å². The number of amides is 1. The van der Waals surface area contributed by atoms with Crippen LogP contribution in [0.1, 0.15) is 35.0 Å². The highest BCUT2D eigenvalue weighted by molar-refractivity contribution is 5.92. The molecule has 2 aromatic rings. The maximum absolute atomic E-state index is 12.5. The van der Waals surface area contributed by atoms with Crippen molar-refractivity contribution in [3.63, 3.8) is 0 Å². The Morgan fingerprint density at radius 1 is 1.40 bits per heavy atom. The number of piperidine rings is 1. The van der Waals surface area contributed by atoms with Gasteiger partial charge in [0.15, 0.2) is 5.82 Å². The van der Waals surface area contributed by atoms with Crippen LogP contribution in [0.2, 0.25) is 0 Å². The maximum Gasteiger partial charge on any atom is 0.270 e. The molecule has 1 aliphatic heterocycles. The number of aryl methyl sites for hydroxylation is 1. The van der Waals surface area contributed by atoms with Crippen LogP contribution in [0.15, 0.2) is 22.9 Å². The van der Waals surface area contributed by atoms with Gasteiger partial charge in [0.2, 0.25) is 0 Å². The summed E-state index contributed by atoms with van der Waals surface area (Å²) in [6.07, 6.45) is 4.22. The van der Waals surface area contributed by atoms with E-state index in [2.05, 4.69) is 10.1 Å². The Morgan fingerprint density at radius 3 is 2.88 bits per heavy atom. The van der Waals surface area contributed by atoms with Crippen molar-refractivity contribution >= 4 is 5.91 Å². The van der Waals surface area contributed by atoms with Gasteiger partial charge in [0.25, 0.3) is 11.8 Å². The molecule has 8 nitrogen and oxygen atoms in total. The van der Waals surface area contributed by atoms with E-state index < -0.39 is 0 Å². The topological polar surface area (TPSA) is 82.6 Å². The summed E-state index contributed by atoms with van der Waals surface area (Å²) in [6.45, 7) is 2.25. The van der Waals surface area contributed by atoms with Gasteiger partial charge in [-0.2, -0.15) is 4.98 Å². The molecule has 3 heterocycles. The molecule has 0 aromatic carbocycles. The quantitative estimate of drug-likeness (QED) is 0.752. The van der Waals surface area contributed by atoms with Gasteiger partial charge in [-0.3, -0.25) is 4.79 Å². The van der Waals surface area contributed by atoms with E-state index in [0.29, 0.717) is 50.1 Å². The first-order valence-electron chi connectivity index (χ1n) is 8.50. The van der Waals surface area contributed by atoms with E-state index in [9.17, 15) is 4.79 Å². The van der Waals surface area contributed by atoms with Gasteiger partial charge in [0.1, 0.15) is 12.3 Å². The maximum atomic E-state index is 12.5. The molecule has 8 heteroatoms. The average molecular weight is 348 g/mol. The SMILES string of the molecule is COCCc1noc(COC2CCN(C(=O)c3cccn3C)CC2)n1. The van der Waals surface area contributed by atoms with Crippen LogP contribution in [-0.4, -0.2) is 58.4 Å². The fourth-order valence-electron chi connectivity index (χ4n) is 2.90. The standard InChI is InChI=1S/C17H24N4O4/c1-20-8-3-4-14(20)17(22)21-9-5-13(6-10-21)24-12-16-18-15(19-25-16)7-11-23-2/h3-4,8,13H,5-7,9-12H2,1-2H3. The first-order valence-corrected chi connectivity index (χ1v) is 8.50. The second kappa shape index (κ2) is 8.26. The lowest BCUT2D eigenvalue weighted by molar-refractivity contribution is -0.00994. The van der Waals surface area contributed by atoms with E-state index >= 15 is 0 Å². The largest absolute Gasteiger partial charge is 0.384 e. The molecule has 136 valence electrons. The minimum Gasteiger partial charge on any atom is -0.384 e. The molecule has 0 atom stereocenters. The van der Waals surface area contributed by atoms with E-state index in [1.54, 1.807) is 7.11 Å². The van der Waals surface area contributed by atoms with Crippen LogP contribution in [0.5, 0.6) is 0 Å². The molecule has 3 rings (SSSR count). The second-order valence-electron chi connectivity index (χ2n) is 6.15. The first-order chi connectivity index (χ1) is 12.2. The lowest BCUT2D eigenvalue weighted by Gasteiger charge is -2.31. The lowest BCUT2D eigenvalue weighted by atomic mass is 10.1. The van der Waals surface area contributed by atoms with E-state index in [0.717, 1.165) is 12.8 Å². The van der Waals surface area contributed by atoms with Crippen molar-refractivity contribution in [3.05, 3.63) is 35.7 Å². The van der Waals surface area contributed by atoms with E-state index in [-0.39, 0.29) is 12.0 Å². The van der Waals surface area contributed by atoms with Gasteiger partial charge in [-0.15, -0.1) is 0 Å². The smallest absolute Gasteiger partial charge is 0.270 e. The summed E-state index contributed by atoms with van der Waals surface area (Å²) >= 11 is 0. The molecule has 0 saturated carbocycles. The van der Waals surface area contributed by atoms with Crippen LogP contribution in [0, 0.1) is 0 Å². The Bertz CT molecular complexity index is 688. The van der Waals surface area contributed by atoms with Crippen LogP contribution in [-0.2, 0) is 29.5 Å². The number of methoxy groups -OCH3 is 1. The van der Waals surface area contributed by atoms with Gasteiger partial charge in [0, 0.05) is 39.9 Å². The number of aromatic nitrogens is 3. The highest BCUT2D eigenvalue weighted by Gasteiger charge is 2.25. The molecular weight excluding hydrogens is 324 g/mol. The van der Waals surface area contributed by atoms with Crippen molar-refractivity contribution < 1.29 is 18.8 Å². The molecule has 1 amide bonds. The lowest BCUT2D eigenvalue weighted by Crippen LogP contribution is -2.41. The minimum atomic E-state index is 0.0747. The summed E-state index contributed by atoms with van der Waals surface area (Å²) in [6, 6.07) is 3.73. The summed E-state index contributed by atoms with van der Waals surface area (Å²) in [5.41, 5.74) is 0.716. The van der Waals surface area contributed by atoms with Crippen molar-refractivity contribution in [1.29, 1.82) is 0 Å². The number of hydrogen-bond acceptors (Lipinski definition) is 6. The zero-order valence-electron chi connectivity index (χ0n) is 14.7. The molecule has 1 fully saturated rings. The third kappa shape index (κ3) is 4.46. The van der Waals surface area contributed by atoms with Gasteiger partial charge >= 0.3 is 0 Å². The molecule has 0 spiro atoms. The van der Waals surface area contributed by atoms with Crippen molar-refractivity contribution in [2.24, 2.45) is 7.05 Å². The summed E-state index contributed by atoms with van der Waals surface area (Å²) < 4.78 is 17.9. The first kappa shape index (κ1) is 17.6. The van der Waals surface area contributed by atoms with Gasteiger partial charge < -0.3 is 23.5 Å². The van der Waals surface area contributed by atoms with Crippen molar-refractivity contribution in [3.8, 4) is 0 Å². The van der Waals surface area contributed by atoms with Crippen LogP contribution in [0.25, 0.3) is 0 Å². The highest BCUT2D eigenvalue weighted by Crippen LogP contribution is 2.17. The van der Waals surface area contributed by atoms with Crippen molar-refractivity contribution in [2.45, 2.75) is 32.0 Å². The third-order valence-electron chi connectivity index (χ3n) is 4.37.